The van der Waals surface area contributed by atoms with E-state index in [4.69, 9.17) is 9.47 Å². The maximum Gasteiger partial charge on any atom is 0.310 e. The summed E-state index contributed by atoms with van der Waals surface area (Å²) in [5.74, 6) is -0.0974. The zero-order valence-corrected chi connectivity index (χ0v) is 23.4. The van der Waals surface area contributed by atoms with Gasteiger partial charge in [0.2, 0.25) is 0 Å². The number of hydrogen-bond donors (Lipinski definition) is 1. The summed E-state index contributed by atoms with van der Waals surface area (Å²) < 4.78 is 42.0. The van der Waals surface area contributed by atoms with E-state index < -0.39 is 33.3 Å². The van der Waals surface area contributed by atoms with Crippen LogP contribution in [0.1, 0.15) is 65.6 Å². The summed E-state index contributed by atoms with van der Waals surface area (Å²) in [6.45, 7) is 11.8. The van der Waals surface area contributed by atoms with Crippen molar-refractivity contribution in [1.82, 2.24) is 9.78 Å². The number of aliphatic hydroxyl groups is 1. The summed E-state index contributed by atoms with van der Waals surface area (Å²) in [6.07, 6.45) is 1.46. The number of benzene rings is 1. The molecule has 2 heterocycles. The van der Waals surface area contributed by atoms with Crippen molar-refractivity contribution in [2.24, 2.45) is 0 Å². The zero-order valence-electron chi connectivity index (χ0n) is 22.6. The molecule has 2 aromatic rings. The Morgan fingerprint density at radius 2 is 1.89 bits per heavy atom. The normalized spacial score (nSPS) is 16.2. The van der Waals surface area contributed by atoms with Crippen LogP contribution in [0.4, 0.5) is 5.69 Å². The van der Waals surface area contributed by atoms with E-state index >= 15 is 0 Å². The standard InChI is InChI=1S/C26H37N3O7S/c1-17(30)8-10-20-14-29(37(33,34)23-15-28(27-18(23)2)16-26(6,7)32)21-12-19(9-11-22(21)35-20)13-24(31)36-25(3,4)5/h9,11-12,15,20,32H,8,10,13-14,16H2,1-7H3/t20-/m0/s1. The molecule has 204 valence electrons. The van der Waals surface area contributed by atoms with Gasteiger partial charge in [0.1, 0.15) is 28.1 Å². The second kappa shape index (κ2) is 10.4. The molecule has 0 fully saturated rings. The van der Waals surface area contributed by atoms with Gasteiger partial charge in [-0.2, -0.15) is 5.10 Å². The maximum atomic E-state index is 14.0. The van der Waals surface area contributed by atoms with Gasteiger partial charge in [0.05, 0.1) is 36.5 Å². The van der Waals surface area contributed by atoms with Crippen molar-refractivity contribution in [2.45, 2.75) is 96.5 Å². The van der Waals surface area contributed by atoms with E-state index in [-0.39, 0.29) is 36.6 Å². The van der Waals surface area contributed by atoms with Crippen LogP contribution >= 0.6 is 0 Å². The molecular weight excluding hydrogens is 498 g/mol. The third-order valence-electron chi connectivity index (χ3n) is 5.56. The van der Waals surface area contributed by atoms with Crippen LogP contribution in [0.5, 0.6) is 5.75 Å². The van der Waals surface area contributed by atoms with Gasteiger partial charge in [0.15, 0.2) is 0 Å². The van der Waals surface area contributed by atoms with Gasteiger partial charge in [-0.25, -0.2) is 8.42 Å². The number of carbonyl (C=O) groups excluding carboxylic acids is 2. The number of fused-ring (bicyclic) bond motifs is 1. The lowest BCUT2D eigenvalue weighted by Crippen LogP contribution is -2.43. The second-order valence-corrected chi connectivity index (χ2v) is 13.0. The van der Waals surface area contributed by atoms with Gasteiger partial charge in [0.25, 0.3) is 10.0 Å². The van der Waals surface area contributed by atoms with E-state index in [1.165, 1.54) is 22.1 Å². The monoisotopic (exact) mass is 535 g/mol. The Morgan fingerprint density at radius 1 is 1.22 bits per heavy atom. The molecule has 0 bridgehead atoms. The molecule has 1 aromatic carbocycles. The van der Waals surface area contributed by atoms with E-state index in [2.05, 4.69) is 5.10 Å². The number of esters is 1. The SMILES string of the molecule is CC(=O)CC[C@H]1CN(S(=O)(=O)c2cn(CC(C)(C)O)nc2C)c2cc(CC(=O)OC(C)(C)C)ccc2O1. The second-order valence-electron chi connectivity index (χ2n) is 11.2. The Kier molecular flexibility index (Phi) is 8.09. The molecule has 0 aliphatic carbocycles. The minimum atomic E-state index is -4.10. The van der Waals surface area contributed by atoms with E-state index in [0.29, 0.717) is 29.1 Å². The molecule has 10 nitrogen and oxygen atoms in total. The fourth-order valence-electron chi connectivity index (χ4n) is 4.10. The van der Waals surface area contributed by atoms with Crippen LogP contribution in [0, 0.1) is 6.92 Å². The lowest BCUT2D eigenvalue weighted by atomic mass is 10.1. The Hall–Kier alpha value is -2.92. The van der Waals surface area contributed by atoms with Gasteiger partial charge in [0, 0.05) is 12.6 Å². The van der Waals surface area contributed by atoms with Crippen LogP contribution in [0.15, 0.2) is 29.3 Å². The predicted octanol–water partition coefficient (Wildman–Crippen LogP) is 3.17. The Morgan fingerprint density at radius 3 is 2.49 bits per heavy atom. The van der Waals surface area contributed by atoms with Crippen LogP contribution in [0.3, 0.4) is 0 Å². The van der Waals surface area contributed by atoms with Gasteiger partial charge in [-0.15, -0.1) is 0 Å². The highest BCUT2D eigenvalue weighted by Crippen LogP contribution is 2.39. The molecule has 1 N–H and O–H groups in total. The number of sulfonamides is 1. The molecule has 0 radical (unpaired) electrons. The summed E-state index contributed by atoms with van der Waals surface area (Å²) in [4.78, 5) is 24.0. The first-order valence-electron chi connectivity index (χ1n) is 12.2. The molecular formula is C26H37N3O7S. The van der Waals surface area contributed by atoms with Crippen LogP contribution in [0.25, 0.3) is 0 Å². The van der Waals surface area contributed by atoms with Gasteiger partial charge < -0.3 is 19.4 Å². The molecule has 1 aromatic heterocycles. The summed E-state index contributed by atoms with van der Waals surface area (Å²) >= 11 is 0. The largest absolute Gasteiger partial charge is 0.486 e. The van der Waals surface area contributed by atoms with Gasteiger partial charge >= 0.3 is 5.97 Å². The van der Waals surface area contributed by atoms with Gasteiger partial charge in [-0.1, -0.05) is 6.07 Å². The predicted molar refractivity (Wildman–Crippen MR) is 138 cm³/mol. The highest BCUT2D eigenvalue weighted by atomic mass is 32.2. The Balaban J connectivity index is 2.01. The first kappa shape index (κ1) is 28.6. The van der Waals surface area contributed by atoms with E-state index in [0.717, 1.165) is 0 Å². The quantitative estimate of drug-likeness (QED) is 0.485. The molecule has 0 amide bonds. The lowest BCUT2D eigenvalue weighted by Gasteiger charge is -2.35. The Labute approximate surface area is 218 Å². The molecule has 1 aliphatic heterocycles. The molecule has 11 heteroatoms. The molecule has 0 saturated heterocycles. The van der Waals surface area contributed by atoms with Crippen LogP contribution in [0.2, 0.25) is 0 Å². The number of Topliss-reactive ketones (excluding diaryl/α,β-unsaturated/α-hetero) is 1. The van der Waals surface area contributed by atoms with Crippen LogP contribution < -0.4 is 9.04 Å². The number of hydrogen-bond acceptors (Lipinski definition) is 8. The minimum Gasteiger partial charge on any atom is -0.486 e. The number of aromatic nitrogens is 2. The number of carbonyl (C=O) groups is 2. The molecule has 0 saturated carbocycles. The number of aryl methyl sites for hydroxylation is 1. The third-order valence-corrected chi connectivity index (χ3v) is 7.44. The minimum absolute atomic E-state index is 0.00534. The molecule has 3 rings (SSSR count). The Bertz CT molecular complexity index is 1270. The topological polar surface area (TPSA) is 128 Å². The third kappa shape index (κ3) is 7.54. The highest BCUT2D eigenvalue weighted by Gasteiger charge is 2.37. The van der Waals surface area contributed by atoms with E-state index in [1.807, 2.05) is 0 Å². The smallest absolute Gasteiger partial charge is 0.310 e. The number of nitrogens with zero attached hydrogens (tertiary/aromatic N) is 3. The van der Waals surface area contributed by atoms with Crippen molar-refractivity contribution in [3.63, 3.8) is 0 Å². The molecule has 1 aliphatic rings. The molecule has 1 atom stereocenters. The first-order valence-corrected chi connectivity index (χ1v) is 13.7. The highest BCUT2D eigenvalue weighted by molar-refractivity contribution is 7.92. The van der Waals surface area contributed by atoms with Crippen molar-refractivity contribution >= 4 is 27.5 Å². The average Bonchev–Trinajstić information content (AvgIpc) is 3.09. The van der Waals surface area contributed by atoms with Crippen molar-refractivity contribution in [3.8, 4) is 5.75 Å². The lowest BCUT2D eigenvalue weighted by molar-refractivity contribution is -0.153. The number of rotatable bonds is 9. The molecule has 0 unspecified atom stereocenters. The number of ether oxygens (including phenoxy) is 2. The number of ketones is 1. The van der Waals surface area contributed by atoms with E-state index in [9.17, 15) is 23.1 Å². The summed E-state index contributed by atoms with van der Waals surface area (Å²) in [7, 11) is -4.10. The molecule has 37 heavy (non-hydrogen) atoms. The zero-order chi connectivity index (χ0) is 27.8. The summed E-state index contributed by atoms with van der Waals surface area (Å²) in [5.41, 5.74) is -0.556. The van der Waals surface area contributed by atoms with Gasteiger partial charge in [-0.05, 0) is 72.6 Å². The fraction of sp³-hybridized carbons (Fsp3) is 0.577. The van der Waals surface area contributed by atoms with Crippen molar-refractivity contribution in [2.75, 3.05) is 10.8 Å². The van der Waals surface area contributed by atoms with Crippen molar-refractivity contribution in [1.29, 1.82) is 0 Å². The number of anilines is 1. The van der Waals surface area contributed by atoms with Crippen LogP contribution in [-0.2, 0) is 37.3 Å². The van der Waals surface area contributed by atoms with Crippen molar-refractivity contribution in [3.05, 3.63) is 35.7 Å². The molecule has 0 spiro atoms. The van der Waals surface area contributed by atoms with Gasteiger partial charge in [-0.3, -0.25) is 13.8 Å². The van der Waals surface area contributed by atoms with Crippen LogP contribution in [-0.4, -0.2) is 58.9 Å². The maximum absolute atomic E-state index is 14.0. The first-order chi connectivity index (χ1) is 16.9. The fourth-order valence-corrected chi connectivity index (χ4v) is 5.77. The van der Waals surface area contributed by atoms with Crippen molar-refractivity contribution < 1.29 is 32.6 Å². The summed E-state index contributed by atoms with van der Waals surface area (Å²) in [5, 5.41) is 14.5. The average molecular weight is 536 g/mol. The van der Waals surface area contributed by atoms with E-state index in [1.54, 1.807) is 59.7 Å². The summed E-state index contributed by atoms with van der Waals surface area (Å²) in [6, 6.07) is 4.96.